The fourth-order valence-corrected chi connectivity index (χ4v) is 11.4. The Morgan fingerprint density at radius 1 is 0.732 bits per heavy atom. The lowest BCUT2D eigenvalue weighted by molar-refractivity contribution is -0.227. The van der Waals surface area contributed by atoms with Crippen molar-refractivity contribution in [2.75, 3.05) is 73.5 Å². The van der Waals surface area contributed by atoms with Gasteiger partial charge in [0.05, 0.1) is 45.3 Å². The van der Waals surface area contributed by atoms with Crippen molar-refractivity contribution in [1.82, 2.24) is 20.0 Å². The predicted octanol–water partition coefficient (Wildman–Crippen LogP) is 0.155. The predicted molar refractivity (Wildman–Crippen MR) is 206 cm³/mol. The van der Waals surface area contributed by atoms with Gasteiger partial charge in [0.25, 0.3) is 0 Å². The molecule has 0 saturated heterocycles. The maximum Gasteiger partial charge on any atom is 0.317 e. The molecule has 0 aliphatic heterocycles. The smallest absolute Gasteiger partial charge is 0.317 e. The number of carbonyl (C=O) groups excluding carboxylic acids is 1. The molecule has 7 unspecified atom stereocenters. The van der Waals surface area contributed by atoms with Crippen molar-refractivity contribution >= 4 is 23.8 Å². The lowest BCUT2D eigenvalue weighted by atomic mass is 9.39. The van der Waals surface area contributed by atoms with Crippen LogP contribution in [0.15, 0.2) is 0 Å². The average Bonchev–Trinajstić information content (AvgIpc) is 3.50. The van der Waals surface area contributed by atoms with Crippen molar-refractivity contribution in [1.29, 1.82) is 0 Å². The molecule has 0 aromatic rings. The number of amides is 1. The van der Waals surface area contributed by atoms with Gasteiger partial charge in [-0.1, -0.05) is 27.7 Å². The number of carboxylic acids is 3. The van der Waals surface area contributed by atoms with Crippen LogP contribution >= 0.6 is 0 Å². The van der Waals surface area contributed by atoms with Gasteiger partial charge in [0.2, 0.25) is 5.91 Å². The molecule has 17 heteroatoms. The summed E-state index contributed by atoms with van der Waals surface area (Å²) < 4.78 is 0. The Morgan fingerprint density at radius 2 is 1.29 bits per heavy atom. The molecule has 0 spiro atoms. The normalized spacial score (nSPS) is 33.9. The minimum absolute atomic E-state index is 0.0436. The summed E-state index contributed by atoms with van der Waals surface area (Å²) in [6.45, 7) is 7.79. The Bertz CT molecular complexity index is 1260. The number of nitrogens with one attached hydrogen (secondary N) is 1. The third-order valence-corrected chi connectivity index (χ3v) is 14.3. The van der Waals surface area contributed by atoms with E-state index in [4.69, 9.17) is 10.2 Å². The quantitative estimate of drug-likeness (QED) is 0.0779. The van der Waals surface area contributed by atoms with Crippen LogP contribution in [0.1, 0.15) is 85.5 Å². The van der Waals surface area contributed by atoms with Gasteiger partial charge in [-0.2, -0.15) is 0 Å². The fourth-order valence-electron chi connectivity index (χ4n) is 11.4. The molecule has 4 fully saturated rings. The summed E-state index contributed by atoms with van der Waals surface area (Å²) in [6, 6.07) is -0.150. The summed E-state index contributed by atoms with van der Waals surface area (Å²) in [7, 11) is 2.00. The molecular formula is C39H72N4O13. The van der Waals surface area contributed by atoms with Crippen molar-refractivity contribution in [2.24, 2.45) is 45.8 Å². The second-order valence-corrected chi connectivity index (χ2v) is 17.2. The van der Waals surface area contributed by atoms with Gasteiger partial charge in [0.15, 0.2) is 0 Å². The number of carbonyl (C=O) groups is 4. The molecule has 4 aliphatic rings. The number of nitrogens with zero attached hydrogens (tertiary/aromatic N) is 3. The molecule has 0 aromatic carbocycles. The molecule has 4 rings (SSSR count). The van der Waals surface area contributed by atoms with Gasteiger partial charge < -0.3 is 51.3 Å². The Kier molecular flexibility index (Phi) is 19.6. The molecule has 0 heterocycles. The fraction of sp³-hybridized carbons (Fsp3) is 0.897. The molecule has 0 bridgehead atoms. The highest BCUT2D eigenvalue weighted by atomic mass is 16.4. The Hall–Kier alpha value is -2.48. The standard InChI is InChI=1S/C37H64N4O11.2CH4O/c1-23(5-8-31(47)48)25-6-7-26-34-27(15-29(45)37(25,26)4)36(3)10-9-24(16-35(36,2)17-28(34)44)38-30(46)18-39(12-14-41(21-42)22-43)11-13-40(19-32(49)50)20-33(51)52;2*1-2/h23-29,34,42-45H,5-22H2,1-4H3,(H,38,46)(H,47,48)(H,49,50)(H,51,52);2*2H,1H3/t23?,24?,25-,26?,27?,28?,29?,34?,35+,36-,37-;;/m1../s1. The first-order valence-corrected chi connectivity index (χ1v) is 20.0. The summed E-state index contributed by atoms with van der Waals surface area (Å²) in [5, 5.41) is 87.9. The first kappa shape index (κ1) is 49.7. The van der Waals surface area contributed by atoms with E-state index in [2.05, 4.69) is 33.0 Å². The third-order valence-electron chi connectivity index (χ3n) is 14.3. The van der Waals surface area contributed by atoms with Gasteiger partial charge in [-0.15, -0.1) is 0 Å². The zero-order valence-electron chi connectivity index (χ0n) is 34.3. The number of hydrogen-bond acceptors (Lipinski definition) is 13. The number of aliphatic carboxylic acids is 3. The van der Waals surface area contributed by atoms with Crippen molar-refractivity contribution in [3.63, 3.8) is 0 Å². The molecule has 17 nitrogen and oxygen atoms in total. The maximum atomic E-state index is 13.5. The van der Waals surface area contributed by atoms with E-state index >= 15 is 0 Å². The van der Waals surface area contributed by atoms with Crippen LogP contribution in [0.5, 0.6) is 0 Å². The van der Waals surface area contributed by atoms with Crippen LogP contribution in [0.3, 0.4) is 0 Å². The van der Waals surface area contributed by atoms with Crippen molar-refractivity contribution in [3.8, 4) is 0 Å². The molecular weight excluding hydrogens is 732 g/mol. The molecule has 11 atom stereocenters. The summed E-state index contributed by atoms with van der Waals surface area (Å²) in [4.78, 5) is 51.9. The van der Waals surface area contributed by atoms with E-state index in [-0.39, 0.29) is 96.9 Å². The topological polar surface area (TPSA) is 272 Å². The third kappa shape index (κ3) is 11.6. The van der Waals surface area contributed by atoms with E-state index in [1.165, 1.54) is 9.80 Å². The SMILES string of the molecule is CC(CCC(=O)O)[C@H]1CCC2C3C(O)C[C@]4(C)CC(NC(=O)CN(CCN(CO)CO)CCN(CC(=O)O)CC(=O)O)CC[C@]4(C)C3CC(O)[C@@]21C.CO.CO. The van der Waals surface area contributed by atoms with Crippen LogP contribution in [0.25, 0.3) is 0 Å². The number of hydrogen-bond donors (Lipinski definition) is 10. The zero-order valence-corrected chi connectivity index (χ0v) is 34.3. The van der Waals surface area contributed by atoms with E-state index in [0.29, 0.717) is 25.7 Å². The maximum absolute atomic E-state index is 13.5. The lowest BCUT2D eigenvalue weighted by Crippen LogP contribution is -2.66. The van der Waals surface area contributed by atoms with Crippen LogP contribution in [-0.4, -0.2) is 176 Å². The Labute approximate surface area is 331 Å². The second kappa shape index (κ2) is 22.0. The van der Waals surface area contributed by atoms with E-state index in [0.717, 1.165) is 39.9 Å². The zero-order chi connectivity index (χ0) is 42.6. The van der Waals surface area contributed by atoms with E-state index in [1.807, 2.05) is 0 Å². The largest absolute Gasteiger partial charge is 0.481 e. The number of fused-ring (bicyclic) bond motifs is 5. The number of rotatable bonds is 19. The van der Waals surface area contributed by atoms with Crippen LogP contribution in [0.2, 0.25) is 0 Å². The van der Waals surface area contributed by atoms with Gasteiger partial charge in [0.1, 0.15) is 0 Å². The Balaban J connectivity index is 0.00000262. The monoisotopic (exact) mass is 805 g/mol. The van der Waals surface area contributed by atoms with Crippen molar-refractivity contribution < 1.29 is 65.1 Å². The van der Waals surface area contributed by atoms with Gasteiger partial charge in [-0.25, -0.2) is 0 Å². The first-order valence-electron chi connectivity index (χ1n) is 20.0. The molecule has 1 amide bonds. The second-order valence-electron chi connectivity index (χ2n) is 17.2. The van der Waals surface area contributed by atoms with Gasteiger partial charge >= 0.3 is 17.9 Å². The summed E-state index contributed by atoms with van der Waals surface area (Å²) in [5.74, 6) is -2.73. The van der Waals surface area contributed by atoms with Gasteiger partial charge in [-0.3, -0.25) is 33.9 Å². The van der Waals surface area contributed by atoms with Crippen LogP contribution in [0, 0.1) is 45.8 Å². The van der Waals surface area contributed by atoms with Crippen LogP contribution in [-0.2, 0) is 19.2 Å². The summed E-state index contributed by atoms with van der Waals surface area (Å²) in [5.41, 5.74) is -0.860. The highest BCUT2D eigenvalue weighted by Crippen LogP contribution is 2.71. The number of carboxylic acid groups (broad SMARTS) is 3. The first-order chi connectivity index (χ1) is 26.4. The Morgan fingerprint density at radius 3 is 1.82 bits per heavy atom. The van der Waals surface area contributed by atoms with Gasteiger partial charge in [-0.05, 0) is 97.2 Å². The van der Waals surface area contributed by atoms with Gasteiger partial charge in [0, 0.05) is 52.9 Å². The molecule has 4 aliphatic carbocycles. The lowest BCUT2D eigenvalue weighted by Gasteiger charge is -2.67. The molecule has 10 N–H and O–H groups in total. The van der Waals surface area contributed by atoms with Crippen molar-refractivity contribution in [2.45, 2.75) is 104 Å². The van der Waals surface area contributed by atoms with Crippen molar-refractivity contribution in [3.05, 3.63) is 0 Å². The van der Waals surface area contributed by atoms with E-state index in [9.17, 15) is 54.9 Å². The average molecular weight is 805 g/mol. The minimum Gasteiger partial charge on any atom is -0.481 e. The molecule has 56 heavy (non-hydrogen) atoms. The van der Waals surface area contributed by atoms with Crippen LogP contribution in [0.4, 0.5) is 0 Å². The molecule has 4 saturated carbocycles. The summed E-state index contributed by atoms with van der Waals surface area (Å²) in [6.07, 6.45) is 4.80. The molecule has 326 valence electrons. The number of aliphatic hydroxyl groups excluding tert-OH is 6. The van der Waals surface area contributed by atoms with E-state index in [1.54, 1.807) is 4.90 Å². The molecule has 0 aromatic heterocycles. The van der Waals surface area contributed by atoms with E-state index < -0.39 is 56.7 Å². The number of aliphatic hydroxyl groups is 6. The highest BCUT2D eigenvalue weighted by molar-refractivity contribution is 5.78. The molecule has 0 radical (unpaired) electrons. The summed E-state index contributed by atoms with van der Waals surface area (Å²) >= 11 is 0. The van der Waals surface area contributed by atoms with Crippen LogP contribution < -0.4 is 5.32 Å². The minimum atomic E-state index is -1.17. The highest BCUT2D eigenvalue weighted by Gasteiger charge is 2.68.